The zero-order valence-corrected chi connectivity index (χ0v) is 14.6. The highest BCUT2D eigenvalue weighted by Crippen LogP contribution is 2.37. The second kappa shape index (κ2) is 6.41. The third-order valence-corrected chi connectivity index (χ3v) is 4.64. The smallest absolute Gasteiger partial charge is 0.205 e. The molecule has 5 nitrogen and oxygen atoms in total. The first-order valence-electron chi connectivity index (χ1n) is 7.47. The highest BCUT2D eigenvalue weighted by molar-refractivity contribution is 7.21. The maximum absolute atomic E-state index is 12.7. The first-order chi connectivity index (χ1) is 11.5. The minimum Gasteiger partial charge on any atom is -0.397 e. The summed E-state index contributed by atoms with van der Waals surface area (Å²) in [6.07, 6.45) is 1.70. The Labute approximate surface area is 144 Å². The molecule has 0 aliphatic heterocycles. The molecule has 0 spiro atoms. The number of nitrogens with zero attached hydrogens (tertiary/aromatic N) is 3. The van der Waals surface area contributed by atoms with Crippen LogP contribution in [-0.4, -0.2) is 36.1 Å². The third kappa shape index (κ3) is 3.00. The van der Waals surface area contributed by atoms with Crippen molar-refractivity contribution >= 4 is 45.2 Å². The number of carbonyl (C=O) groups is 1. The first-order valence-corrected chi connectivity index (χ1v) is 8.29. The SMILES string of the molecule is Cc1cc(N=CN(C)C)nc2sc(C(=O)c3ccccc3)c(N)c12. The molecule has 2 heterocycles. The van der Waals surface area contributed by atoms with Crippen molar-refractivity contribution in [2.24, 2.45) is 4.99 Å². The maximum atomic E-state index is 12.7. The van der Waals surface area contributed by atoms with Crippen molar-refractivity contribution in [1.29, 1.82) is 0 Å². The van der Waals surface area contributed by atoms with Crippen molar-refractivity contribution in [3.8, 4) is 0 Å². The molecule has 122 valence electrons. The van der Waals surface area contributed by atoms with Crippen LogP contribution < -0.4 is 5.73 Å². The molecular formula is C18H18N4OS. The number of thiophene rings is 1. The van der Waals surface area contributed by atoms with Crippen molar-refractivity contribution in [2.75, 3.05) is 19.8 Å². The molecule has 6 heteroatoms. The summed E-state index contributed by atoms with van der Waals surface area (Å²) in [4.78, 5) is 24.7. The van der Waals surface area contributed by atoms with Crippen LogP contribution in [0.5, 0.6) is 0 Å². The van der Waals surface area contributed by atoms with Gasteiger partial charge < -0.3 is 10.6 Å². The number of benzene rings is 1. The molecule has 0 aliphatic rings. The average Bonchev–Trinajstić information content (AvgIpc) is 2.90. The van der Waals surface area contributed by atoms with E-state index in [1.165, 1.54) is 11.3 Å². The predicted molar refractivity (Wildman–Crippen MR) is 100 cm³/mol. The van der Waals surface area contributed by atoms with Gasteiger partial charge in [-0.3, -0.25) is 4.79 Å². The van der Waals surface area contributed by atoms with Gasteiger partial charge in [-0.2, -0.15) is 0 Å². The number of aryl methyl sites for hydroxylation is 1. The number of ketones is 1. The summed E-state index contributed by atoms with van der Waals surface area (Å²) in [6, 6.07) is 11.0. The van der Waals surface area contributed by atoms with Crippen LogP contribution in [0.25, 0.3) is 10.2 Å². The molecule has 0 saturated heterocycles. The van der Waals surface area contributed by atoms with Gasteiger partial charge in [-0.05, 0) is 18.6 Å². The summed E-state index contributed by atoms with van der Waals surface area (Å²) in [7, 11) is 3.79. The lowest BCUT2D eigenvalue weighted by molar-refractivity contribution is 0.104. The van der Waals surface area contributed by atoms with Gasteiger partial charge in [0, 0.05) is 25.0 Å². The van der Waals surface area contributed by atoms with Crippen LogP contribution >= 0.6 is 11.3 Å². The Hall–Kier alpha value is -2.73. The van der Waals surface area contributed by atoms with Crippen LogP contribution in [0.15, 0.2) is 41.4 Å². The van der Waals surface area contributed by atoms with Gasteiger partial charge in [-0.1, -0.05) is 30.3 Å². The van der Waals surface area contributed by atoms with Crippen molar-refractivity contribution in [2.45, 2.75) is 6.92 Å². The zero-order valence-electron chi connectivity index (χ0n) is 13.8. The van der Waals surface area contributed by atoms with Gasteiger partial charge in [0.15, 0.2) is 5.82 Å². The van der Waals surface area contributed by atoms with Crippen LogP contribution in [-0.2, 0) is 0 Å². The number of anilines is 1. The number of aromatic nitrogens is 1. The van der Waals surface area contributed by atoms with Gasteiger partial charge in [-0.25, -0.2) is 9.98 Å². The van der Waals surface area contributed by atoms with E-state index in [1.54, 1.807) is 18.5 Å². The van der Waals surface area contributed by atoms with Crippen LogP contribution in [0.1, 0.15) is 20.8 Å². The Kier molecular flexibility index (Phi) is 4.31. The Bertz CT molecular complexity index is 929. The maximum Gasteiger partial charge on any atom is 0.205 e. The number of pyridine rings is 1. The van der Waals surface area contributed by atoms with Gasteiger partial charge in [0.05, 0.1) is 12.0 Å². The van der Waals surface area contributed by atoms with Gasteiger partial charge in [0.2, 0.25) is 5.78 Å². The molecule has 0 bridgehead atoms. The highest BCUT2D eigenvalue weighted by atomic mass is 32.1. The molecule has 0 radical (unpaired) electrons. The molecule has 24 heavy (non-hydrogen) atoms. The normalized spacial score (nSPS) is 11.3. The van der Waals surface area contributed by atoms with Gasteiger partial charge >= 0.3 is 0 Å². The number of nitrogens with two attached hydrogens (primary N) is 1. The van der Waals surface area contributed by atoms with E-state index < -0.39 is 0 Å². The number of hydrogen-bond acceptors (Lipinski definition) is 5. The number of fused-ring (bicyclic) bond motifs is 1. The third-order valence-electron chi connectivity index (χ3n) is 3.55. The van der Waals surface area contributed by atoms with E-state index in [4.69, 9.17) is 5.73 Å². The number of hydrogen-bond donors (Lipinski definition) is 1. The molecule has 0 atom stereocenters. The molecule has 0 amide bonds. The van der Waals surface area contributed by atoms with Crippen LogP contribution in [0.2, 0.25) is 0 Å². The Morgan fingerprint density at radius 2 is 2.00 bits per heavy atom. The minimum atomic E-state index is -0.0751. The topological polar surface area (TPSA) is 71.6 Å². The van der Waals surface area contributed by atoms with E-state index in [1.807, 2.05) is 50.2 Å². The van der Waals surface area contributed by atoms with Crippen LogP contribution in [0, 0.1) is 6.92 Å². The zero-order chi connectivity index (χ0) is 17.3. The Morgan fingerprint density at radius 3 is 2.67 bits per heavy atom. The monoisotopic (exact) mass is 338 g/mol. The second-order valence-corrected chi connectivity index (χ2v) is 6.72. The average molecular weight is 338 g/mol. The first kappa shape index (κ1) is 16.1. The van der Waals surface area contributed by atoms with E-state index in [2.05, 4.69) is 9.98 Å². The lowest BCUT2D eigenvalue weighted by Gasteiger charge is -2.03. The van der Waals surface area contributed by atoms with Crippen molar-refractivity contribution in [3.05, 3.63) is 52.4 Å². The van der Waals surface area contributed by atoms with E-state index in [9.17, 15) is 4.79 Å². The number of carbonyl (C=O) groups excluding carboxylic acids is 1. The molecule has 3 aromatic rings. The lowest BCUT2D eigenvalue weighted by atomic mass is 10.1. The summed E-state index contributed by atoms with van der Waals surface area (Å²) < 4.78 is 0. The van der Waals surface area contributed by atoms with Gasteiger partial charge in [0.25, 0.3) is 0 Å². The largest absolute Gasteiger partial charge is 0.397 e. The fourth-order valence-electron chi connectivity index (χ4n) is 2.42. The molecule has 0 unspecified atom stereocenters. The highest BCUT2D eigenvalue weighted by Gasteiger charge is 2.20. The van der Waals surface area contributed by atoms with Gasteiger partial charge in [0.1, 0.15) is 9.71 Å². The number of nitrogen functional groups attached to an aromatic ring is 1. The predicted octanol–water partition coefficient (Wildman–Crippen LogP) is 3.64. The van der Waals surface area contributed by atoms with Crippen LogP contribution in [0.3, 0.4) is 0 Å². The number of rotatable bonds is 4. The van der Waals surface area contributed by atoms with E-state index in [-0.39, 0.29) is 5.78 Å². The molecule has 0 aliphatic carbocycles. The molecule has 2 N–H and O–H groups in total. The molecule has 0 fully saturated rings. The number of aliphatic imine (C=N–C) groups is 1. The molecule has 0 saturated carbocycles. The van der Waals surface area contributed by atoms with Crippen molar-refractivity contribution < 1.29 is 4.79 Å². The van der Waals surface area contributed by atoms with E-state index in [0.717, 1.165) is 15.8 Å². The molecule has 1 aromatic carbocycles. The van der Waals surface area contributed by atoms with E-state index >= 15 is 0 Å². The molecule has 3 rings (SSSR count). The Morgan fingerprint density at radius 1 is 1.29 bits per heavy atom. The minimum absolute atomic E-state index is 0.0751. The van der Waals surface area contributed by atoms with Crippen molar-refractivity contribution in [3.63, 3.8) is 0 Å². The second-order valence-electron chi connectivity index (χ2n) is 5.73. The van der Waals surface area contributed by atoms with Crippen molar-refractivity contribution in [1.82, 2.24) is 9.88 Å². The summed E-state index contributed by atoms with van der Waals surface area (Å²) in [6.45, 7) is 1.96. The van der Waals surface area contributed by atoms with E-state index in [0.29, 0.717) is 21.9 Å². The molecular weight excluding hydrogens is 320 g/mol. The summed E-state index contributed by atoms with van der Waals surface area (Å²) in [5, 5.41) is 0.836. The lowest BCUT2D eigenvalue weighted by Crippen LogP contribution is -2.07. The van der Waals surface area contributed by atoms with Gasteiger partial charge in [-0.15, -0.1) is 11.3 Å². The fraction of sp³-hybridized carbons (Fsp3) is 0.167. The summed E-state index contributed by atoms with van der Waals surface area (Å²) in [5.74, 6) is 0.530. The fourth-order valence-corrected chi connectivity index (χ4v) is 3.55. The molecule has 2 aromatic heterocycles. The van der Waals surface area contributed by atoms with Crippen LogP contribution in [0.4, 0.5) is 11.5 Å². The Balaban J connectivity index is 2.10. The summed E-state index contributed by atoms with van der Waals surface area (Å²) >= 11 is 1.32. The quantitative estimate of drug-likeness (QED) is 0.448. The summed E-state index contributed by atoms with van der Waals surface area (Å²) in [5.41, 5.74) is 8.34. The standard InChI is InChI=1S/C18H18N4OS/c1-11-9-13(20-10-22(2)3)21-18-14(11)15(19)17(24-18)16(23)12-7-5-4-6-8-12/h4-10H,19H2,1-3H3.